The van der Waals surface area contributed by atoms with Gasteiger partial charge in [-0.25, -0.2) is 4.68 Å². The summed E-state index contributed by atoms with van der Waals surface area (Å²) >= 11 is 0. The fourth-order valence-corrected chi connectivity index (χ4v) is 3.09. The Labute approximate surface area is 136 Å². The van der Waals surface area contributed by atoms with Crippen LogP contribution in [0.5, 0.6) is 0 Å². The third-order valence-electron chi connectivity index (χ3n) is 4.43. The molecule has 2 atom stereocenters. The second kappa shape index (κ2) is 6.50. The molecule has 0 bridgehead atoms. The quantitative estimate of drug-likeness (QED) is 0.939. The average molecular weight is 313 g/mol. The van der Waals surface area contributed by atoms with E-state index in [0.717, 1.165) is 31.5 Å². The Morgan fingerprint density at radius 3 is 2.74 bits per heavy atom. The van der Waals surface area contributed by atoms with E-state index in [2.05, 4.69) is 10.3 Å². The van der Waals surface area contributed by atoms with E-state index >= 15 is 0 Å². The molecule has 0 saturated carbocycles. The summed E-state index contributed by atoms with van der Waals surface area (Å²) in [5.74, 6) is -0.0784. The molecule has 1 amide bonds. The Morgan fingerprint density at radius 2 is 2.04 bits per heavy atom. The second-order valence-electron chi connectivity index (χ2n) is 6.30. The molecule has 1 fully saturated rings. The summed E-state index contributed by atoms with van der Waals surface area (Å²) < 4.78 is 1.64. The molecule has 2 N–H and O–H groups in total. The van der Waals surface area contributed by atoms with Gasteiger partial charge >= 0.3 is 0 Å². The Morgan fingerprint density at radius 1 is 1.30 bits per heavy atom. The van der Waals surface area contributed by atoms with Crippen LogP contribution in [0.2, 0.25) is 0 Å². The predicted octanol–water partition coefficient (Wildman–Crippen LogP) is 1.92. The van der Waals surface area contributed by atoms with Crippen molar-refractivity contribution < 1.29 is 4.79 Å². The first-order valence-corrected chi connectivity index (χ1v) is 8.12. The Hall–Kier alpha value is -2.21. The topological polar surface area (TPSA) is 77.0 Å². The molecule has 1 aliphatic heterocycles. The molecule has 0 unspecified atom stereocenters. The highest BCUT2D eigenvalue weighted by Gasteiger charge is 2.31. The van der Waals surface area contributed by atoms with Gasteiger partial charge in [0.15, 0.2) is 5.69 Å². The number of rotatable bonds is 3. The zero-order chi connectivity index (χ0) is 16.4. The number of amides is 1. The van der Waals surface area contributed by atoms with Crippen LogP contribution in [0.25, 0.3) is 5.69 Å². The highest BCUT2D eigenvalue weighted by molar-refractivity contribution is 5.92. The van der Waals surface area contributed by atoms with Crippen LogP contribution in [-0.4, -0.2) is 44.4 Å². The average Bonchev–Trinajstić information content (AvgIpc) is 3.04. The Balaban J connectivity index is 1.81. The van der Waals surface area contributed by atoms with Crippen molar-refractivity contribution in [2.24, 2.45) is 5.73 Å². The molecular weight excluding hydrogens is 290 g/mol. The number of carbonyl (C=O) groups is 1. The Bertz CT molecular complexity index is 677. The van der Waals surface area contributed by atoms with E-state index in [9.17, 15) is 4.79 Å². The molecular formula is C17H23N5O. The molecule has 1 aromatic heterocycles. The lowest BCUT2D eigenvalue weighted by Gasteiger charge is -2.37. The van der Waals surface area contributed by atoms with Gasteiger partial charge < -0.3 is 10.6 Å². The number of hydrogen-bond acceptors (Lipinski definition) is 4. The first-order chi connectivity index (χ1) is 11.1. The van der Waals surface area contributed by atoms with Gasteiger partial charge in [0, 0.05) is 18.6 Å². The summed E-state index contributed by atoms with van der Waals surface area (Å²) in [5, 5.41) is 8.15. The normalized spacial score (nSPS) is 19.6. The molecule has 0 aliphatic carbocycles. The molecule has 122 valence electrons. The predicted molar refractivity (Wildman–Crippen MR) is 88.4 cm³/mol. The standard InChI is InChI=1S/C17H23N5O/c1-12-6-8-14(9-7-12)22-11-15(19-20-22)17(23)21-10-4-3-5-16(21)13(2)18/h6-9,11,13,16H,3-5,10,18H2,1-2H3/t13-,16-/m1/s1. The molecule has 1 saturated heterocycles. The maximum Gasteiger partial charge on any atom is 0.276 e. The molecule has 6 heteroatoms. The molecule has 23 heavy (non-hydrogen) atoms. The number of carbonyl (C=O) groups excluding carboxylic acids is 1. The highest BCUT2D eigenvalue weighted by atomic mass is 16.2. The number of aromatic nitrogens is 3. The summed E-state index contributed by atoms with van der Waals surface area (Å²) in [6.45, 7) is 4.73. The van der Waals surface area contributed by atoms with Crippen molar-refractivity contribution in [3.8, 4) is 5.69 Å². The molecule has 2 aromatic rings. The van der Waals surface area contributed by atoms with Crippen molar-refractivity contribution in [2.45, 2.75) is 45.2 Å². The summed E-state index contributed by atoms with van der Waals surface area (Å²) in [7, 11) is 0. The second-order valence-corrected chi connectivity index (χ2v) is 6.30. The number of benzene rings is 1. The van der Waals surface area contributed by atoms with Crippen molar-refractivity contribution in [1.82, 2.24) is 19.9 Å². The zero-order valence-electron chi connectivity index (χ0n) is 13.6. The lowest BCUT2D eigenvalue weighted by molar-refractivity contribution is 0.0577. The fraction of sp³-hybridized carbons (Fsp3) is 0.471. The largest absolute Gasteiger partial charge is 0.333 e. The minimum atomic E-state index is -0.0784. The van der Waals surface area contributed by atoms with E-state index in [-0.39, 0.29) is 18.0 Å². The molecule has 1 aromatic carbocycles. The number of hydrogen-bond donors (Lipinski definition) is 1. The number of piperidine rings is 1. The molecule has 0 spiro atoms. The first-order valence-electron chi connectivity index (χ1n) is 8.12. The van der Waals surface area contributed by atoms with Crippen LogP contribution in [0.3, 0.4) is 0 Å². The van der Waals surface area contributed by atoms with Gasteiger partial charge in [0.25, 0.3) is 5.91 Å². The molecule has 0 radical (unpaired) electrons. The molecule has 6 nitrogen and oxygen atoms in total. The van der Waals surface area contributed by atoms with Gasteiger partial charge in [-0.05, 0) is 45.2 Å². The van der Waals surface area contributed by atoms with Crippen LogP contribution in [0.4, 0.5) is 0 Å². The van der Waals surface area contributed by atoms with Crippen LogP contribution in [-0.2, 0) is 0 Å². The van der Waals surface area contributed by atoms with Gasteiger partial charge in [-0.15, -0.1) is 5.10 Å². The summed E-state index contributed by atoms with van der Waals surface area (Å²) in [5.41, 5.74) is 8.49. The van der Waals surface area contributed by atoms with E-state index in [1.165, 1.54) is 5.56 Å². The number of nitrogens with zero attached hydrogens (tertiary/aromatic N) is 4. The van der Waals surface area contributed by atoms with Gasteiger partial charge in [0.1, 0.15) is 0 Å². The zero-order valence-corrected chi connectivity index (χ0v) is 13.6. The lowest BCUT2D eigenvalue weighted by Crippen LogP contribution is -2.51. The van der Waals surface area contributed by atoms with Crippen LogP contribution in [0.1, 0.15) is 42.2 Å². The third-order valence-corrected chi connectivity index (χ3v) is 4.43. The number of nitrogens with two attached hydrogens (primary N) is 1. The van der Waals surface area contributed by atoms with Crippen molar-refractivity contribution in [3.05, 3.63) is 41.7 Å². The van der Waals surface area contributed by atoms with Crippen molar-refractivity contribution in [1.29, 1.82) is 0 Å². The molecule has 3 rings (SSSR count). The van der Waals surface area contributed by atoms with Crippen molar-refractivity contribution in [2.75, 3.05) is 6.54 Å². The minimum absolute atomic E-state index is 0.0357. The van der Waals surface area contributed by atoms with Crippen LogP contribution in [0.15, 0.2) is 30.5 Å². The van der Waals surface area contributed by atoms with Crippen LogP contribution >= 0.6 is 0 Å². The van der Waals surface area contributed by atoms with E-state index < -0.39 is 0 Å². The van der Waals surface area contributed by atoms with E-state index in [0.29, 0.717) is 5.69 Å². The maximum absolute atomic E-state index is 12.8. The Kier molecular flexibility index (Phi) is 4.43. The first kappa shape index (κ1) is 15.7. The van der Waals surface area contributed by atoms with Crippen LogP contribution < -0.4 is 5.73 Å². The molecule has 1 aliphatic rings. The third kappa shape index (κ3) is 3.27. The van der Waals surface area contributed by atoms with E-state index in [4.69, 9.17) is 5.73 Å². The van der Waals surface area contributed by atoms with Crippen molar-refractivity contribution in [3.63, 3.8) is 0 Å². The summed E-state index contributed by atoms with van der Waals surface area (Å²) in [6, 6.07) is 7.99. The molecule has 2 heterocycles. The van der Waals surface area contributed by atoms with Gasteiger partial charge in [-0.1, -0.05) is 22.9 Å². The highest BCUT2D eigenvalue weighted by Crippen LogP contribution is 2.21. The van der Waals surface area contributed by atoms with Crippen LogP contribution in [0, 0.1) is 6.92 Å². The lowest BCUT2D eigenvalue weighted by atomic mass is 9.96. The number of likely N-dealkylation sites (tertiary alicyclic amines) is 1. The van der Waals surface area contributed by atoms with E-state index in [1.807, 2.05) is 43.0 Å². The van der Waals surface area contributed by atoms with Crippen molar-refractivity contribution >= 4 is 5.91 Å². The maximum atomic E-state index is 12.8. The summed E-state index contributed by atoms with van der Waals surface area (Å²) in [6.07, 6.45) is 4.78. The van der Waals surface area contributed by atoms with Gasteiger partial charge in [0.05, 0.1) is 11.9 Å². The van der Waals surface area contributed by atoms with Gasteiger partial charge in [-0.3, -0.25) is 4.79 Å². The summed E-state index contributed by atoms with van der Waals surface area (Å²) in [4.78, 5) is 14.6. The SMILES string of the molecule is Cc1ccc(-n2cc(C(=O)N3CCCC[C@@H]3[C@@H](C)N)nn2)cc1. The van der Waals surface area contributed by atoms with Gasteiger partial charge in [-0.2, -0.15) is 0 Å². The number of aryl methyl sites for hydroxylation is 1. The smallest absolute Gasteiger partial charge is 0.276 e. The van der Waals surface area contributed by atoms with E-state index in [1.54, 1.807) is 10.9 Å². The minimum Gasteiger partial charge on any atom is -0.333 e. The fourth-order valence-electron chi connectivity index (χ4n) is 3.09. The monoisotopic (exact) mass is 313 g/mol. The van der Waals surface area contributed by atoms with Gasteiger partial charge in [0.2, 0.25) is 0 Å².